The van der Waals surface area contributed by atoms with Crippen LogP contribution in [0.25, 0.3) is 6.08 Å². The van der Waals surface area contributed by atoms with Gasteiger partial charge >= 0.3 is 5.97 Å². The summed E-state index contributed by atoms with van der Waals surface area (Å²) in [6.45, 7) is 1.74. The van der Waals surface area contributed by atoms with Gasteiger partial charge < -0.3 is 24.8 Å². The fraction of sp³-hybridized carbons (Fsp3) is 0.304. The number of benzene rings is 2. The smallest absolute Gasteiger partial charge is 0.331 e. The largest absolute Gasteiger partial charge is 0.504 e. The van der Waals surface area contributed by atoms with E-state index in [-0.39, 0.29) is 12.4 Å². The number of esters is 1. The number of carbonyl (C=O) groups excluding carboxylic acids is 2. The van der Waals surface area contributed by atoms with Crippen LogP contribution < -0.4 is 15.0 Å². The molecular weight excluding hydrogens is 384 g/mol. The number of carbonyl (C=O) groups is 2. The van der Waals surface area contributed by atoms with Crippen molar-refractivity contribution in [2.45, 2.75) is 19.3 Å². The monoisotopic (exact) mass is 410 g/mol. The molecule has 3 rings (SSSR count). The highest BCUT2D eigenvalue weighted by Crippen LogP contribution is 2.26. The number of nitrogens with one attached hydrogen (secondary N) is 1. The van der Waals surface area contributed by atoms with Gasteiger partial charge in [0.25, 0.3) is 5.91 Å². The second-order valence-corrected chi connectivity index (χ2v) is 7.02. The zero-order valence-electron chi connectivity index (χ0n) is 17.0. The number of aromatic hydroxyl groups is 1. The van der Waals surface area contributed by atoms with E-state index in [0.29, 0.717) is 17.0 Å². The Morgan fingerprint density at radius 3 is 2.53 bits per heavy atom. The number of nitrogens with zero attached hydrogens (tertiary/aromatic N) is 1. The van der Waals surface area contributed by atoms with Crippen molar-refractivity contribution >= 4 is 29.3 Å². The van der Waals surface area contributed by atoms with E-state index in [4.69, 9.17) is 9.47 Å². The lowest BCUT2D eigenvalue weighted by atomic mass is 10.1. The lowest BCUT2D eigenvalue weighted by Crippen LogP contribution is -2.29. The summed E-state index contributed by atoms with van der Waals surface area (Å²) in [5.41, 5.74) is 2.46. The minimum Gasteiger partial charge on any atom is -0.504 e. The highest BCUT2D eigenvalue weighted by molar-refractivity contribution is 5.94. The van der Waals surface area contributed by atoms with Gasteiger partial charge in [0.1, 0.15) is 0 Å². The van der Waals surface area contributed by atoms with Gasteiger partial charge in [0.2, 0.25) is 0 Å². The summed E-state index contributed by atoms with van der Waals surface area (Å²) in [4.78, 5) is 26.2. The number of hydrogen-bond donors (Lipinski definition) is 2. The molecule has 2 aromatic carbocycles. The van der Waals surface area contributed by atoms with Crippen LogP contribution in [0.5, 0.6) is 11.5 Å². The average molecular weight is 410 g/mol. The third-order valence-corrected chi connectivity index (χ3v) is 4.83. The van der Waals surface area contributed by atoms with Crippen LogP contribution in [0.15, 0.2) is 48.5 Å². The van der Waals surface area contributed by atoms with E-state index in [1.165, 1.54) is 44.6 Å². The zero-order chi connectivity index (χ0) is 21.3. The third-order valence-electron chi connectivity index (χ3n) is 4.83. The van der Waals surface area contributed by atoms with Crippen molar-refractivity contribution in [1.29, 1.82) is 0 Å². The van der Waals surface area contributed by atoms with Gasteiger partial charge in [-0.05, 0) is 67.3 Å². The first kappa shape index (κ1) is 21.2. The van der Waals surface area contributed by atoms with Gasteiger partial charge in [-0.25, -0.2) is 4.79 Å². The molecule has 1 heterocycles. The molecule has 0 aliphatic carbocycles. The number of ether oxygens (including phenoxy) is 2. The van der Waals surface area contributed by atoms with Crippen LogP contribution in [-0.2, 0) is 14.3 Å². The quantitative estimate of drug-likeness (QED) is 0.536. The minimum atomic E-state index is -0.641. The average Bonchev–Trinajstić information content (AvgIpc) is 2.78. The predicted octanol–water partition coefficient (Wildman–Crippen LogP) is 3.59. The van der Waals surface area contributed by atoms with E-state index in [0.717, 1.165) is 18.8 Å². The number of amides is 1. The van der Waals surface area contributed by atoms with Crippen LogP contribution in [0, 0.1) is 0 Å². The lowest BCUT2D eigenvalue weighted by molar-refractivity contribution is -0.142. The van der Waals surface area contributed by atoms with Gasteiger partial charge in [0.05, 0.1) is 7.11 Å². The molecule has 2 aromatic rings. The molecular formula is C23H26N2O5. The minimum absolute atomic E-state index is 0.0119. The van der Waals surface area contributed by atoms with Crippen molar-refractivity contribution in [1.82, 2.24) is 0 Å². The molecule has 0 bridgehead atoms. The Bertz CT molecular complexity index is 902. The van der Waals surface area contributed by atoms with E-state index >= 15 is 0 Å². The normalized spacial score (nSPS) is 13.8. The molecule has 7 nitrogen and oxygen atoms in total. The van der Waals surface area contributed by atoms with E-state index in [1.54, 1.807) is 12.1 Å². The highest BCUT2D eigenvalue weighted by Gasteiger charge is 2.11. The molecule has 1 saturated heterocycles. The van der Waals surface area contributed by atoms with Crippen molar-refractivity contribution in [3.8, 4) is 11.5 Å². The Hall–Kier alpha value is -3.48. The lowest BCUT2D eigenvalue weighted by Gasteiger charge is -2.28. The molecule has 1 amide bonds. The second kappa shape index (κ2) is 10.3. The van der Waals surface area contributed by atoms with Crippen molar-refractivity contribution in [3.63, 3.8) is 0 Å². The Kier molecular flexibility index (Phi) is 7.32. The molecule has 0 atom stereocenters. The van der Waals surface area contributed by atoms with E-state index in [1.807, 2.05) is 24.3 Å². The molecule has 1 aliphatic heterocycles. The first-order chi connectivity index (χ1) is 14.5. The van der Waals surface area contributed by atoms with Crippen molar-refractivity contribution < 1.29 is 24.2 Å². The fourth-order valence-electron chi connectivity index (χ4n) is 3.25. The number of methoxy groups -OCH3 is 1. The molecule has 158 valence electrons. The van der Waals surface area contributed by atoms with Gasteiger partial charge in [-0.3, -0.25) is 4.79 Å². The molecule has 0 radical (unpaired) electrons. The van der Waals surface area contributed by atoms with Crippen LogP contribution in [-0.4, -0.2) is 43.8 Å². The number of rotatable bonds is 7. The SMILES string of the molecule is COc1cc(/C=C/C(=O)OCC(=O)Nc2ccc(N3CCCCC3)cc2)ccc1O. The standard InChI is InChI=1S/C23H26N2O5/c1-29-21-15-17(5-11-20(21)26)6-12-23(28)30-16-22(27)24-18-7-9-19(10-8-18)25-13-3-2-4-14-25/h5-12,15,26H,2-4,13-14,16H2,1H3,(H,24,27)/b12-6+. The van der Waals surface area contributed by atoms with Crippen molar-refractivity contribution in [2.24, 2.45) is 0 Å². The summed E-state index contributed by atoms with van der Waals surface area (Å²) in [5, 5.41) is 12.3. The first-order valence-electron chi connectivity index (χ1n) is 9.92. The summed E-state index contributed by atoms with van der Waals surface area (Å²) in [6, 6.07) is 12.3. The van der Waals surface area contributed by atoms with Gasteiger partial charge in [0.15, 0.2) is 18.1 Å². The summed E-state index contributed by atoms with van der Waals surface area (Å²) in [6.07, 6.45) is 6.42. The molecule has 2 N–H and O–H groups in total. The van der Waals surface area contributed by atoms with Crippen molar-refractivity contribution in [3.05, 3.63) is 54.1 Å². The van der Waals surface area contributed by atoms with E-state index in [9.17, 15) is 14.7 Å². The topological polar surface area (TPSA) is 88.1 Å². The van der Waals surface area contributed by atoms with E-state index in [2.05, 4.69) is 10.2 Å². The summed E-state index contributed by atoms with van der Waals surface area (Å²) in [7, 11) is 1.44. The third kappa shape index (κ3) is 6.01. The van der Waals surface area contributed by atoms with Crippen LogP contribution in [0.1, 0.15) is 24.8 Å². The van der Waals surface area contributed by atoms with Gasteiger partial charge in [0, 0.05) is 30.5 Å². The highest BCUT2D eigenvalue weighted by atomic mass is 16.5. The van der Waals surface area contributed by atoms with Crippen molar-refractivity contribution in [2.75, 3.05) is 37.0 Å². The molecule has 30 heavy (non-hydrogen) atoms. The van der Waals surface area contributed by atoms with Crippen LogP contribution >= 0.6 is 0 Å². The number of piperidine rings is 1. The number of phenols is 1. The summed E-state index contributed by atoms with van der Waals surface area (Å²) < 4.78 is 9.98. The molecule has 1 fully saturated rings. The maximum Gasteiger partial charge on any atom is 0.331 e. The molecule has 0 aromatic heterocycles. The molecule has 0 saturated carbocycles. The molecule has 7 heteroatoms. The molecule has 0 spiro atoms. The first-order valence-corrected chi connectivity index (χ1v) is 9.92. The Morgan fingerprint density at radius 1 is 1.10 bits per heavy atom. The summed E-state index contributed by atoms with van der Waals surface area (Å²) >= 11 is 0. The second-order valence-electron chi connectivity index (χ2n) is 7.02. The van der Waals surface area contributed by atoms with Gasteiger partial charge in [-0.15, -0.1) is 0 Å². The van der Waals surface area contributed by atoms with Crippen LogP contribution in [0.4, 0.5) is 11.4 Å². The Morgan fingerprint density at radius 2 is 1.83 bits per heavy atom. The van der Waals surface area contributed by atoms with E-state index < -0.39 is 11.9 Å². The predicted molar refractivity (Wildman–Crippen MR) is 116 cm³/mol. The van der Waals surface area contributed by atoms with Gasteiger partial charge in [-0.1, -0.05) is 6.07 Å². The molecule has 0 unspecified atom stereocenters. The Labute approximate surface area is 175 Å². The van der Waals surface area contributed by atoms with Gasteiger partial charge in [-0.2, -0.15) is 0 Å². The maximum absolute atomic E-state index is 12.0. The number of anilines is 2. The molecule has 1 aliphatic rings. The number of phenolic OH excluding ortho intramolecular Hbond substituents is 1. The number of hydrogen-bond acceptors (Lipinski definition) is 6. The summed E-state index contributed by atoms with van der Waals surface area (Å²) in [5.74, 6) is -0.736. The fourth-order valence-corrected chi connectivity index (χ4v) is 3.25. The zero-order valence-corrected chi connectivity index (χ0v) is 17.0. The van der Waals surface area contributed by atoms with Crippen LogP contribution in [0.3, 0.4) is 0 Å². The maximum atomic E-state index is 12.0. The Balaban J connectivity index is 1.45. The van der Waals surface area contributed by atoms with Crippen LogP contribution in [0.2, 0.25) is 0 Å².